The van der Waals surface area contributed by atoms with Crippen molar-refractivity contribution in [2.24, 2.45) is 0 Å². The van der Waals surface area contributed by atoms with Gasteiger partial charge >= 0.3 is 0 Å². The summed E-state index contributed by atoms with van der Waals surface area (Å²) in [5, 5.41) is 0. The maximum absolute atomic E-state index is 5.93. The first kappa shape index (κ1) is 10.2. The lowest BCUT2D eigenvalue weighted by Gasteiger charge is -2.10. The topological polar surface area (TPSA) is 35.2 Å². The monoisotopic (exact) mass is 225 g/mol. The lowest BCUT2D eigenvalue weighted by molar-refractivity contribution is 0.484. The summed E-state index contributed by atoms with van der Waals surface area (Å²) in [6, 6.07) is 15.9. The molecule has 17 heavy (non-hydrogen) atoms. The molecule has 2 N–H and O–H groups in total. The summed E-state index contributed by atoms with van der Waals surface area (Å²) in [5.41, 5.74) is 7.96. The Bertz CT molecular complexity index is 518. The summed E-state index contributed by atoms with van der Waals surface area (Å²) in [6.45, 7) is 0. The molecule has 0 spiro atoms. The SMILES string of the molecule is Nc1ccc(C2CC2)cc1Oc1ccccc1. The van der Waals surface area contributed by atoms with Crippen molar-refractivity contribution in [3.63, 3.8) is 0 Å². The molecule has 0 aromatic heterocycles. The number of hydrogen-bond acceptors (Lipinski definition) is 2. The molecule has 1 fully saturated rings. The zero-order valence-electron chi connectivity index (χ0n) is 9.60. The fourth-order valence-electron chi connectivity index (χ4n) is 1.93. The molecule has 2 nitrogen and oxygen atoms in total. The van der Waals surface area contributed by atoms with Crippen LogP contribution in [0.15, 0.2) is 48.5 Å². The van der Waals surface area contributed by atoms with E-state index < -0.39 is 0 Å². The van der Waals surface area contributed by atoms with Crippen LogP contribution in [0.3, 0.4) is 0 Å². The van der Waals surface area contributed by atoms with Crippen molar-refractivity contribution in [3.05, 3.63) is 54.1 Å². The van der Waals surface area contributed by atoms with Gasteiger partial charge in [-0.1, -0.05) is 24.3 Å². The van der Waals surface area contributed by atoms with Crippen LogP contribution in [0.4, 0.5) is 5.69 Å². The molecule has 1 saturated carbocycles. The number of benzene rings is 2. The average Bonchev–Trinajstić information content (AvgIpc) is 3.17. The minimum absolute atomic E-state index is 0.693. The standard InChI is InChI=1S/C15H15NO/c16-14-9-8-12(11-6-7-11)10-15(14)17-13-4-2-1-3-5-13/h1-5,8-11H,6-7,16H2. The van der Waals surface area contributed by atoms with Gasteiger partial charge in [0.05, 0.1) is 5.69 Å². The summed E-state index contributed by atoms with van der Waals surface area (Å²) in [5.74, 6) is 2.31. The molecule has 1 aliphatic rings. The maximum atomic E-state index is 5.93. The normalized spacial score (nSPS) is 14.6. The van der Waals surface area contributed by atoms with Crippen LogP contribution in [-0.4, -0.2) is 0 Å². The second kappa shape index (κ2) is 4.13. The third-order valence-electron chi connectivity index (χ3n) is 3.06. The molecule has 1 aliphatic carbocycles. The zero-order chi connectivity index (χ0) is 11.7. The first-order chi connectivity index (χ1) is 8.33. The van der Waals surface area contributed by atoms with Gasteiger partial charge in [-0.2, -0.15) is 0 Å². The second-order valence-electron chi connectivity index (χ2n) is 4.49. The Labute approximate surface area is 101 Å². The molecule has 0 heterocycles. The highest BCUT2D eigenvalue weighted by Gasteiger charge is 2.24. The minimum atomic E-state index is 0.693. The first-order valence-corrected chi connectivity index (χ1v) is 5.95. The van der Waals surface area contributed by atoms with E-state index in [0.29, 0.717) is 11.6 Å². The molecule has 2 aromatic carbocycles. The van der Waals surface area contributed by atoms with Crippen LogP contribution < -0.4 is 10.5 Å². The molecule has 2 aromatic rings. The third-order valence-corrected chi connectivity index (χ3v) is 3.06. The van der Waals surface area contributed by atoms with E-state index in [1.807, 2.05) is 36.4 Å². The van der Waals surface area contributed by atoms with E-state index >= 15 is 0 Å². The molecule has 3 rings (SSSR count). The van der Waals surface area contributed by atoms with Crippen molar-refractivity contribution < 1.29 is 4.74 Å². The van der Waals surface area contributed by atoms with Gasteiger partial charge in [0.2, 0.25) is 0 Å². The van der Waals surface area contributed by atoms with Gasteiger partial charge < -0.3 is 10.5 Å². The molecule has 86 valence electrons. The summed E-state index contributed by atoms with van der Waals surface area (Å²) < 4.78 is 5.80. The van der Waals surface area contributed by atoms with E-state index in [1.54, 1.807) is 0 Å². The van der Waals surface area contributed by atoms with Gasteiger partial charge in [-0.3, -0.25) is 0 Å². The number of nitrogen functional groups attached to an aromatic ring is 1. The van der Waals surface area contributed by atoms with Crippen LogP contribution in [0, 0.1) is 0 Å². The van der Waals surface area contributed by atoms with Gasteiger partial charge in [-0.05, 0) is 48.6 Å². The Balaban J connectivity index is 1.88. The number of ether oxygens (including phenoxy) is 1. The van der Waals surface area contributed by atoms with E-state index in [-0.39, 0.29) is 0 Å². The molecule has 0 atom stereocenters. The second-order valence-corrected chi connectivity index (χ2v) is 4.49. The van der Waals surface area contributed by atoms with Crippen molar-refractivity contribution >= 4 is 5.69 Å². The number of nitrogens with two attached hydrogens (primary N) is 1. The van der Waals surface area contributed by atoms with Crippen LogP contribution in [0.2, 0.25) is 0 Å². The Morgan fingerprint density at radius 3 is 2.47 bits per heavy atom. The Hall–Kier alpha value is -1.96. The van der Waals surface area contributed by atoms with Crippen molar-refractivity contribution in [2.45, 2.75) is 18.8 Å². The molecule has 0 unspecified atom stereocenters. The molecular formula is C15H15NO. The van der Waals surface area contributed by atoms with Crippen LogP contribution in [0.25, 0.3) is 0 Å². The molecule has 0 saturated heterocycles. The van der Waals surface area contributed by atoms with Crippen molar-refractivity contribution in [1.82, 2.24) is 0 Å². The van der Waals surface area contributed by atoms with Gasteiger partial charge in [-0.15, -0.1) is 0 Å². The molecule has 0 amide bonds. The molecule has 0 aliphatic heterocycles. The van der Waals surface area contributed by atoms with Crippen molar-refractivity contribution in [1.29, 1.82) is 0 Å². The first-order valence-electron chi connectivity index (χ1n) is 5.95. The van der Waals surface area contributed by atoms with E-state index in [2.05, 4.69) is 12.1 Å². The Morgan fingerprint density at radius 2 is 1.76 bits per heavy atom. The quantitative estimate of drug-likeness (QED) is 0.803. The van der Waals surface area contributed by atoms with Gasteiger partial charge in [0.15, 0.2) is 5.75 Å². The fraction of sp³-hybridized carbons (Fsp3) is 0.200. The minimum Gasteiger partial charge on any atom is -0.455 e. The number of hydrogen-bond donors (Lipinski definition) is 1. The predicted molar refractivity (Wildman–Crippen MR) is 69.3 cm³/mol. The lowest BCUT2D eigenvalue weighted by Crippen LogP contribution is -1.93. The Morgan fingerprint density at radius 1 is 1.00 bits per heavy atom. The highest BCUT2D eigenvalue weighted by molar-refractivity contribution is 5.56. The zero-order valence-corrected chi connectivity index (χ0v) is 9.60. The molecule has 0 radical (unpaired) electrons. The molecule has 0 bridgehead atoms. The van der Waals surface area contributed by atoms with Crippen LogP contribution in [0.5, 0.6) is 11.5 Å². The van der Waals surface area contributed by atoms with Gasteiger partial charge in [0.1, 0.15) is 5.75 Å². The van der Waals surface area contributed by atoms with Gasteiger partial charge in [0, 0.05) is 0 Å². The highest BCUT2D eigenvalue weighted by atomic mass is 16.5. The van der Waals surface area contributed by atoms with Crippen molar-refractivity contribution in [2.75, 3.05) is 5.73 Å². The van der Waals surface area contributed by atoms with E-state index in [0.717, 1.165) is 11.5 Å². The van der Waals surface area contributed by atoms with Gasteiger partial charge in [0.25, 0.3) is 0 Å². The van der Waals surface area contributed by atoms with E-state index in [1.165, 1.54) is 18.4 Å². The maximum Gasteiger partial charge on any atom is 0.150 e. The number of para-hydroxylation sites is 1. The third kappa shape index (κ3) is 2.26. The van der Waals surface area contributed by atoms with Crippen LogP contribution in [0.1, 0.15) is 24.3 Å². The number of anilines is 1. The summed E-state index contributed by atoms with van der Waals surface area (Å²) in [4.78, 5) is 0. The largest absolute Gasteiger partial charge is 0.455 e. The molecule has 2 heteroatoms. The average molecular weight is 225 g/mol. The van der Waals surface area contributed by atoms with Crippen LogP contribution in [-0.2, 0) is 0 Å². The van der Waals surface area contributed by atoms with E-state index in [4.69, 9.17) is 10.5 Å². The van der Waals surface area contributed by atoms with Crippen molar-refractivity contribution in [3.8, 4) is 11.5 Å². The van der Waals surface area contributed by atoms with Gasteiger partial charge in [-0.25, -0.2) is 0 Å². The van der Waals surface area contributed by atoms with Crippen LogP contribution >= 0.6 is 0 Å². The summed E-state index contributed by atoms with van der Waals surface area (Å²) >= 11 is 0. The fourth-order valence-corrected chi connectivity index (χ4v) is 1.93. The smallest absolute Gasteiger partial charge is 0.150 e. The summed E-state index contributed by atoms with van der Waals surface area (Å²) in [7, 11) is 0. The predicted octanol–water partition coefficient (Wildman–Crippen LogP) is 3.94. The Kier molecular flexibility index (Phi) is 2.48. The highest BCUT2D eigenvalue weighted by Crippen LogP contribution is 2.42. The lowest BCUT2D eigenvalue weighted by atomic mass is 10.1. The summed E-state index contributed by atoms with van der Waals surface area (Å²) in [6.07, 6.45) is 2.57. The molecular weight excluding hydrogens is 210 g/mol. The van der Waals surface area contributed by atoms with E-state index in [9.17, 15) is 0 Å². The number of rotatable bonds is 3.